The Morgan fingerprint density at radius 1 is 1.38 bits per heavy atom. The molecule has 0 saturated carbocycles. The number of nitrogens with zero attached hydrogens (tertiary/aromatic N) is 1. The third kappa shape index (κ3) is 3.19. The number of hydrogen-bond donors (Lipinski definition) is 1. The largest absolute Gasteiger partial charge is 0.478 e. The van der Waals surface area contributed by atoms with E-state index in [1.807, 2.05) is 0 Å². The van der Waals surface area contributed by atoms with Crippen LogP contribution in [0.5, 0.6) is 0 Å². The van der Waals surface area contributed by atoms with Crippen LogP contribution in [0.15, 0.2) is 11.6 Å². The molecule has 3 heteroatoms. The van der Waals surface area contributed by atoms with Crippen LogP contribution in [0.4, 0.5) is 0 Å². The molecule has 1 fully saturated rings. The molecule has 1 aliphatic heterocycles. The average molecular weight is 183 g/mol. The fraction of sp³-hybridized carbons (Fsp3) is 0.700. The summed E-state index contributed by atoms with van der Waals surface area (Å²) in [6.07, 6.45) is 5.39. The van der Waals surface area contributed by atoms with Crippen molar-refractivity contribution in [1.29, 1.82) is 0 Å². The van der Waals surface area contributed by atoms with E-state index in [0.29, 0.717) is 12.1 Å². The Morgan fingerprint density at radius 3 is 2.46 bits per heavy atom. The normalized spacial score (nSPS) is 20.2. The van der Waals surface area contributed by atoms with Gasteiger partial charge in [-0.15, -0.1) is 0 Å². The molecule has 0 spiro atoms. The van der Waals surface area contributed by atoms with E-state index in [1.165, 1.54) is 19.3 Å². The molecule has 0 aromatic heterocycles. The fourth-order valence-corrected chi connectivity index (χ4v) is 1.64. The number of piperidine rings is 1. The van der Waals surface area contributed by atoms with Crippen molar-refractivity contribution in [3.05, 3.63) is 11.6 Å². The summed E-state index contributed by atoms with van der Waals surface area (Å²) >= 11 is 0. The molecule has 0 amide bonds. The predicted octanol–water partition coefficient (Wildman–Crippen LogP) is 1.50. The van der Waals surface area contributed by atoms with Gasteiger partial charge in [0.05, 0.1) is 0 Å². The Labute approximate surface area is 79.0 Å². The molecular weight excluding hydrogens is 166 g/mol. The lowest BCUT2D eigenvalue weighted by atomic mass is 10.1. The predicted molar refractivity (Wildman–Crippen MR) is 51.7 cm³/mol. The Balaban J connectivity index is 2.41. The first-order valence-electron chi connectivity index (χ1n) is 4.85. The number of carboxylic acid groups (broad SMARTS) is 1. The fourth-order valence-electron chi connectivity index (χ4n) is 1.64. The lowest BCUT2D eigenvalue weighted by Crippen LogP contribution is -2.32. The third-order valence-electron chi connectivity index (χ3n) is 2.47. The van der Waals surface area contributed by atoms with E-state index in [4.69, 9.17) is 5.11 Å². The van der Waals surface area contributed by atoms with Gasteiger partial charge in [0.25, 0.3) is 0 Å². The maximum atomic E-state index is 10.7. The summed E-state index contributed by atoms with van der Waals surface area (Å²) in [5.74, 6) is -0.784. The van der Waals surface area contributed by atoms with Gasteiger partial charge in [-0.25, -0.2) is 4.79 Å². The maximum Gasteiger partial charge on any atom is 0.332 e. The zero-order valence-corrected chi connectivity index (χ0v) is 8.12. The molecule has 0 unspecified atom stereocenters. The molecular formula is C10H17NO2. The van der Waals surface area contributed by atoms with Crippen LogP contribution in [0.1, 0.15) is 26.2 Å². The van der Waals surface area contributed by atoms with Gasteiger partial charge in [0, 0.05) is 12.1 Å². The molecule has 1 aliphatic rings. The molecule has 0 bridgehead atoms. The van der Waals surface area contributed by atoms with Crippen molar-refractivity contribution in [2.75, 3.05) is 19.6 Å². The van der Waals surface area contributed by atoms with E-state index in [2.05, 4.69) is 4.90 Å². The quantitative estimate of drug-likeness (QED) is 0.674. The summed E-state index contributed by atoms with van der Waals surface area (Å²) in [5.41, 5.74) is 0.516. The number of likely N-dealkylation sites (tertiary alicyclic amines) is 1. The van der Waals surface area contributed by atoms with Crippen molar-refractivity contribution < 1.29 is 9.90 Å². The Morgan fingerprint density at radius 2 is 2.00 bits per heavy atom. The molecule has 1 heterocycles. The van der Waals surface area contributed by atoms with Crippen molar-refractivity contribution in [1.82, 2.24) is 4.90 Å². The number of allylic oxidation sites excluding steroid dienone is 1. The molecule has 74 valence electrons. The summed E-state index contributed by atoms with van der Waals surface area (Å²) in [4.78, 5) is 12.9. The van der Waals surface area contributed by atoms with Crippen LogP contribution in [0.3, 0.4) is 0 Å². The molecule has 0 atom stereocenters. The molecule has 0 radical (unpaired) electrons. The number of aliphatic carboxylic acids is 1. The van der Waals surface area contributed by atoms with Gasteiger partial charge in [-0.2, -0.15) is 0 Å². The van der Waals surface area contributed by atoms with Gasteiger partial charge in [-0.3, -0.25) is 4.90 Å². The standard InChI is InChI=1S/C10H17NO2/c1-2-9(10(12)13)8-11-6-4-3-5-7-11/h2H,3-8H2,1H3,(H,12,13). The van der Waals surface area contributed by atoms with Crippen LogP contribution in [-0.4, -0.2) is 35.6 Å². The van der Waals surface area contributed by atoms with Crippen LogP contribution in [0.25, 0.3) is 0 Å². The summed E-state index contributed by atoms with van der Waals surface area (Å²) in [7, 11) is 0. The molecule has 1 saturated heterocycles. The van der Waals surface area contributed by atoms with Crippen LogP contribution in [0.2, 0.25) is 0 Å². The number of carboxylic acids is 1. The summed E-state index contributed by atoms with van der Waals surface area (Å²) in [6.45, 7) is 4.48. The van der Waals surface area contributed by atoms with Gasteiger partial charge < -0.3 is 5.11 Å². The number of carbonyl (C=O) groups is 1. The molecule has 0 aliphatic carbocycles. The van der Waals surface area contributed by atoms with E-state index in [-0.39, 0.29) is 0 Å². The molecule has 1 N–H and O–H groups in total. The van der Waals surface area contributed by atoms with Crippen LogP contribution >= 0.6 is 0 Å². The first kappa shape index (κ1) is 10.3. The van der Waals surface area contributed by atoms with Gasteiger partial charge in [-0.05, 0) is 32.9 Å². The highest BCUT2D eigenvalue weighted by molar-refractivity contribution is 5.86. The second kappa shape index (κ2) is 5.02. The van der Waals surface area contributed by atoms with Gasteiger partial charge in [0.1, 0.15) is 0 Å². The molecule has 0 aromatic rings. The van der Waals surface area contributed by atoms with E-state index < -0.39 is 5.97 Å². The summed E-state index contributed by atoms with van der Waals surface area (Å²) in [5, 5.41) is 8.81. The first-order chi connectivity index (χ1) is 6.24. The van der Waals surface area contributed by atoms with Crippen molar-refractivity contribution in [2.45, 2.75) is 26.2 Å². The minimum atomic E-state index is -0.784. The first-order valence-corrected chi connectivity index (χ1v) is 4.85. The molecule has 1 rings (SSSR count). The Kier molecular flexibility index (Phi) is 3.96. The average Bonchev–Trinajstić information content (AvgIpc) is 2.15. The van der Waals surface area contributed by atoms with Crippen molar-refractivity contribution in [2.24, 2.45) is 0 Å². The molecule has 3 nitrogen and oxygen atoms in total. The Hall–Kier alpha value is -0.830. The monoisotopic (exact) mass is 183 g/mol. The topological polar surface area (TPSA) is 40.5 Å². The second-order valence-corrected chi connectivity index (χ2v) is 3.46. The lowest BCUT2D eigenvalue weighted by Gasteiger charge is -2.26. The van der Waals surface area contributed by atoms with Gasteiger partial charge >= 0.3 is 5.97 Å². The van der Waals surface area contributed by atoms with Gasteiger partial charge in [-0.1, -0.05) is 12.5 Å². The van der Waals surface area contributed by atoms with Crippen LogP contribution < -0.4 is 0 Å². The smallest absolute Gasteiger partial charge is 0.332 e. The van der Waals surface area contributed by atoms with Crippen LogP contribution in [-0.2, 0) is 4.79 Å². The second-order valence-electron chi connectivity index (χ2n) is 3.46. The van der Waals surface area contributed by atoms with Crippen molar-refractivity contribution in [3.8, 4) is 0 Å². The van der Waals surface area contributed by atoms with Crippen molar-refractivity contribution >= 4 is 5.97 Å². The van der Waals surface area contributed by atoms with E-state index in [0.717, 1.165) is 13.1 Å². The zero-order chi connectivity index (χ0) is 9.68. The Bertz CT molecular complexity index is 205. The van der Waals surface area contributed by atoms with Crippen LogP contribution in [0, 0.1) is 0 Å². The number of hydrogen-bond acceptors (Lipinski definition) is 2. The molecule has 0 aromatic carbocycles. The van der Waals surface area contributed by atoms with E-state index in [9.17, 15) is 4.79 Å². The van der Waals surface area contributed by atoms with Gasteiger partial charge in [0.15, 0.2) is 0 Å². The highest BCUT2D eigenvalue weighted by Crippen LogP contribution is 2.10. The highest BCUT2D eigenvalue weighted by Gasteiger charge is 2.14. The van der Waals surface area contributed by atoms with Gasteiger partial charge in [0.2, 0.25) is 0 Å². The van der Waals surface area contributed by atoms with E-state index >= 15 is 0 Å². The lowest BCUT2D eigenvalue weighted by molar-refractivity contribution is -0.133. The number of rotatable bonds is 3. The SMILES string of the molecule is CC=C(CN1CCCCC1)C(=O)O. The minimum absolute atomic E-state index is 0.516. The zero-order valence-electron chi connectivity index (χ0n) is 8.12. The molecule has 13 heavy (non-hydrogen) atoms. The van der Waals surface area contributed by atoms with E-state index in [1.54, 1.807) is 13.0 Å². The maximum absolute atomic E-state index is 10.7. The third-order valence-corrected chi connectivity index (χ3v) is 2.47. The summed E-state index contributed by atoms with van der Waals surface area (Å²) < 4.78 is 0. The summed E-state index contributed by atoms with van der Waals surface area (Å²) in [6, 6.07) is 0. The highest BCUT2D eigenvalue weighted by atomic mass is 16.4. The van der Waals surface area contributed by atoms with Crippen molar-refractivity contribution in [3.63, 3.8) is 0 Å². The minimum Gasteiger partial charge on any atom is -0.478 e.